The van der Waals surface area contributed by atoms with Crippen molar-refractivity contribution in [3.63, 3.8) is 0 Å². The summed E-state index contributed by atoms with van der Waals surface area (Å²) in [6.45, 7) is 8.37. The Morgan fingerprint density at radius 1 is 1.09 bits per heavy atom. The number of amides is 1. The van der Waals surface area contributed by atoms with Crippen molar-refractivity contribution >= 4 is 28.5 Å². The van der Waals surface area contributed by atoms with E-state index in [1.807, 2.05) is 18.2 Å². The molecule has 35 heavy (non-hydrogen) atoms. The molecular formula is C29H32ClN3O2. The van der Waals surface area contributed by atoms with Gasteiger partial charge in [-0.2, -0.15) is 0 Å². The summed E-state index contributed by atoms with van der Waals surface area (Å²) in [7, 11) is 0. The number of halogens is 1. The van der Waals surface area contributed by atoms with Crippen LogP contribution in [0, 0.1) is 6.92 Å². The van der Waals surface area contributed by atoms with Crippen LogP contribution in [0.2, 0.25) is 5.02 Å². The Bertz CT molecular complexity index is 1310. The first-order valence-electron chi connectivity index (χ1n) is 12.1. The number of nitrogens with one attached hydrogen (secondary N) is 1. The molecule has 0 bridgehead atoms. The van der Waals surface area contributed by atoms with Gasteiger partial charge in [-0.05, 0) is 66.8 Å². The first-order chi connectivity index (χ1) is 16.9. The zero-order chi connectivity index (χ0) is 24.8. The Kier molecular flexibility index (Phi) is 8.09. The number of hydrogen-bond donors (Lipinski definition) is 1. The topological polar surface area (TPSA) is 56.1 Å². The van der Waals surface area contributed by atoms with Gasteiger partial charge in [-0.25, -0.2) is 4.98 Å². The summed E-state index contributed by atoms with van der Waals surface area (Å²) in [6, 6.07) is 21.5. The Morgan fingerprint density at radius 2 is 1.91 bits per heavy atom. The molecule has 0 aliphatic carbocycles. The van der Waals surface area contributed by atoms with E-state index in [0.29, 0.717) is 36.1 Å². The molecule has 5 nitrogen and oxygen atoms in total. The van der Waals surface area contributed by atoms with E-state index < -0.39 is 0 Å². The number of ether oxygens (including phenoxy) is 1. The lowest BCUT2D eigenvalue weighted by atomic mass is 10.0. The lowest BCUT2D eigenvalue weighted by molar-refractivity contribution is 0.0954. The SMILES string of the molecule is Cc1ccc(C(C)C)c(OCCCn2c(CCNC(=O)c3cccc(Cl)c3)nc3ccccc32)c1. The van der Waals surface area contributed by atoms with Crippen LogP contribution >= 0.6 is 11.6 Å². The lowest BCUT2D eigenvalue weighted by Crippen LogP contribution is -2.26. The quantitative estimate of drug-likeness (QED) is 0.256. The first-order valence-corrected chi connectivity index (χ1v) is 12.5. The Balaban J connectivity index is 1.40. The molecule has 1 N–H and O–H groups in total. The highest BCUT2D eigenvalue weighted by Gasteiger charge is 2.13. The molecule has 1 aromatic heterocycles. The van der Waals surface area contributed by atoms with Crippen LogP contribution in [0.4, 0.5) is 0 Å². The molecule has 0 radical (unpaired) electrons. The van der Waals surface area contributed by atoms with Gasteiger partial charge in [0.25, 0.3) is 5.91 Å². The molecule has 4 rings (SSSR count). The van der Waals surface area contributed by atoms with Crippen molar-refractivity contribution < 1.29 is 9.53 Å². The van der Waals surface area contributed by atoms with Crippen LogP contribution < -0.4 is 10.1 Å². The fourth-order valence-electron chi connectivity index (χ4n) is 4.23. The second-order valence-corrected chi connectivity index (χ2v) is 9.52. The van der Waals surface area contributed by atoms with E-state index in [0.717, 1.165) is 35.6 Å². The van der Waals surface area contributed by atoms with Crippen LogP contribution in [0.1, 0.15) is 53.5 Å². The number of fused-ring (bicyclic) bond motifs is 1. The maximum Gasteiger partial charge on any atom is 0.251 e. The molecule has 0 saturated heterocycles. The zero-order valence-electron chi connectivity index (χ0n) is 20.6. The van der Waals surface area contributed by atoms with Crippen molar-refractivity contribution in [2.24, 2.45) is 0 Å². The molecule has 0 fully saturated rings. The van der Waals surface area contributed by atoms with Gasteiger partial charge in [0.1, 0.15) is 11.6 Å². The van der Waals surface area contributed by atoms with E-state index in [9.17, 15) is 4.79 Å². The summed E-state index contributed by atoms with van der Waals surface area (Å²) in [5, 5.41) is 3.53. The minimum atomic E-state index is -0.136. The van der Waals surface area contributed by atoms with Crippen LogP contribution in [0.3, 0.4) is 0 Å². The van der Waals surface area contributed by atoms with Crippen molar-refractivity contribution in [3.05, 3.63) is 94.3 Å². The number of para-hydroxylation sites is 2. The standard InChI is InChI=1S/C29H32ClN3O2/c1-20(2)24-13-12-21(3)18-27(24)35-17-7-16-33-26-11-5-4-10-25(26)32-28(33)14-15-31-29(34)22-8-6-9-23(30)19-22/h4-6,8-13,18-20H,7,14-17H2,1-3H3,(H,31,34). The fourth-order valence-corrected chi connectivity index (χ4v) is 4.42. The maximum absolute atomic E-state index is 12.5. The highest BCUT2D eigenvalue weighted by atomic mass is 35.5. The minimum absolute atomic E-state index is 0.136. The third-order valence-electron chi connectivity index (χ3n) is 6.03. The van der Waals surface area contributed by atoms with Gasteiger partial charge in [0.2, 0.25) is 0 Å². The smallest absolute Gasteiger partial charge is 0.251 e. The van der Waals surface area contributed by atoms with E-state index in [4.69, 9.17) is 21.3 Å². The number of hydrogen-bond acceptors (Lipinski definition) is 3. The maximum atomic E-state index is 12.5. The molecule has 0 aliphatic rings. The molecule has 0 unspecified atom stereocenters. The molecular weight excluding hydrogens is 458 g/mol. The van der Waals surface area contributed by atoms with E-state index >= 15 is 0 Å². The number of benzene rings is 3. The highest BCUT2D eigenvalue weighted by Crippen LogP contribution is 2.27. The number of aromatic nitrogens is 2. The number of carbonyl (C=O) groups excluding carboxylic acids is 1. The predicted molar refractivity (Wildman–Crippen MR) is 143 cm³/mol. The average Bonchev–Trinajstić information content (AvgIpc) is 3.19. The van der Waals surface area contributed by atoms with Gasteiger partial charge in [-0.15, -0.1) is 0 Å². The summed E-state index contributed by atoms with van der Waals surface area (Å²) in [5.74, 6) is 2.20. The highest BCUT2D eigenvalue weighted by molar-refractivity contribution is 6.30. The van der Waals surface area contributed by atoms with Gasteiger partial charge in [-0.1, -0.05) is 55.8 Å². The molecule has 1 heterocycles. The second kappa shape index (κ2) is 11.4. The van der Waals surface area contributed by atoms with Crippen LogP contribution in [-0.2, 0) is 13.0 Å². The van der Waals surface area contributed by atoms with Crippen LogP contribution in [0.5, 0.6) is 5.75 Å². The number of rotatable bonds is 10. The molecule has 182 valence electrons. The normalized spacial score (nSPS) is 11.2. The first kappa shape index (κ1) is 24.8. The minimum Gasteiger partial charge on any atom is -0.493 e. The second-order valence-electron chi connectivity index (χ2n) is 9.08. The summed E-state index contributed by atoms with van der Waals surface area (Å²) in [4.78, 5) is 17.3. The predicted octanol–water partition coefficient (Wildman–Crippen LogP) is 6.56. The fraction of sp³-hybridized carbons (Fsp3) is 0.310. The third-order valence-corrected chi connectivity index (χ3v) is 6.26. The van der Waals surface area contributed by atoms with Crippen molar-refractivity contribution in [2.75, 3.05) is 13.2 Å². The van der Waals surface area contributed by atoms with Crippen LogP contribution in [0.15, 0.2) is 66.7 Å². The van der Waals surface area contributed by atoms with Crippen molar-refractivity contribution in [3.8, 4) is 5.75 Å². The van der Waals surface area contributed by atoms with Gasteiger partial charge < -0.3 is 14.6 Å². The van der Waals surface area contributed by atoms with Gasteiger partial charge in [-0.3, -0.25) is 4.79 Å². The van der Waals surface area contributed by atoms with Gasteiger partial charge in [0.15, 0.2) is 0 Å². The number of nitrogens with zero attached hydrogens (tertiary/aromatic N) is 2. The van der Waals surface area contributed by atoms with E-state index in [2.05, 4.69) is 54.9 Å². The molecule has 0 atom stereocenters. The number of aryl methyl sites for hydroxylation is 2. The molecule has 6 heteroatoms. The van der Waals surface area contributed by atoms with Gasteiger partial charge >= 0.3 is 0 Å². The molecule has 0 spiro atoms. The van der Waals surface area contributed by atoms with E-state index in [1.54, 1.807) is 24.3 Å². The molecule has 1 amide bonds. The van der Waals surface area contributed by atoms with Gasteiger partial charge in [0, 0.05) is 30.1 Å². The summed E-state index contributed by atoms with van der Waals surface area (Å²) in [5.41, 5.74) is 5.06. The molecule has 4 aromatic rings. The Morgan fingerprint density at radius 3 is 2.71 bits per heavy atom. The van der Waals surface area contributed by atoms with Crippen molar-refractivity contribution in [1.82, 2.24) is 14.9 Å². The van der Waals surface area contributed by atoms with E-state index in [-0.39, 0.29) is 5.91 Å². The largest absolute Gasteiger partial charge is 0.493 e. The Hall–Kier alpha value is -3.31. The number of imidazole rings is 1. The lowest BCUT2D eigenvalue weighted by Gasteiger charge is -2.15. The average molecular weight is 490 g/mol. The van der Waals surface area contributed by atoms with Crippen LogP contribution in [-0.4, -0.2) is 28.6 Å². The molecule has 0 aliphatic heterocycles. The van der Waals surface area contributed by atoms with Crippen LogP contribution in [0.25, 0.3) is 11.0 Å². The molecule has 0 saturated carbocycles. The molecule has 3 aromatic carbocycles. The third kappa shape index (κ3) is 6.23. The van der Waals surface area contributed by atoms with E-state index in [1.165, 1.54) is 11.1 Å². The zero-order valence-corrected chi connectivity index (χ0v) is 21.3. The van der Waals surface area contributed by atoms with Crippen molar-refractivity contribution in [2.45, 2.75) is 46.1 Å². The number of carbonyl (C=O) groups is 1. The summed E-state index contributed by atoms with van der Waals surface area (Å²) < 4.78 is 8.44. The summed E-state index contributed by atoms with van der Waals surface area (Å²) in [6.07, 6.45) is 1.49. The Labute approximate surface area is 212 Å². The van der Waals surface area contributed by atoms with Gasteiger partial charge in [0.05, 0.1) is 17.6 Å². The monoisotopic (exact) mass is 489 g/mol. The van der Waals surface area contributed by atoms with Crippen molar-refractivity contribution in [1.29, 1.82) is 0 Å². The summed E-state index contributed by atoms with van der Waals surface area (Å²) >= 11 is 6.01.